The summed E-state index contributed by atoms with van der Waals surface area (Å²) < 4.78 is 31.8. The van der Waals surface area contributed by atoms with Gasteiger partial charge >= 0.3 is 5.97 Å². The minimum absolute atomic E-state index is 0.0200. The molecule has 2 aromatic rings. The molecule has 2 rings (SSSR count). The average molecular weight is 367 g/mol. The smallest absolute Gasteiger partial charge is 0.341 e. The fourth-order valence-corrected chi connectivity index (χ4v) is 4.99. The van der Waals surface area contributed by atoms with E-state index in [0.717, 1.165) is 27.6 Å². The molecular weight excluding hydrogens is 356 g/mol. The number of aryl methyl sites for hydroxylation is 1. The number of carbonyl (C=O) groups is 1. The number of halogens is 1. The maximum absolute atomic E-state index is 12.2. The van der Waals surface area contributed by atoms with E-state index in [1.54, 1.807) is 19.9 Å². The Kier molecular flexibility index (Phi) is 4.87. The van der Waals surface area contributed by atoms with Crippen LogP contribution in [0.2, 0.25) is 4.47 Å². The summed E-state index contributed by atoms with van der Waals surface area (Å²) in [7, 11) is -3.83. The van der Waals surface area contributed by atoms with Crippen LogP contribution in [0.4, 0.5) is 5.00 Å². The highest BCUT2D eigenvalue weighted by molar-refractivity contribution is 7.95. The number of aromatic nitrogens is 1. The molecular formula is C11H11ClN2O4S3. The molecule has 2 aromatic heterocycles. The average Bonchev–Trinajstić information content (AvgIpc) is 2.96. The number of nitrogens with one attached hydrogen (secondary N) is 1. The molecule has 21 heavy (non-hydrogen) atoms. The van der Waals surface area contributed by atoms with Crippen LogP contribution in [0.15, 0.2) is 16.5 Å². The third-order valence-corrected chi connectivity index (χ3v) is 6.32. The van der Waals surface area contributed by atoms with E-state index in [9.17, 15) is 13.2 Å². The van der Waals surface area contributed by atoms with Gasteiger partial charge in [0.2, 0.25) is 0 Å². The highest BCUT2D eigenvalue weighted by atomic mass is 35.5. The number of hydrogen-bond acceptors (Lipinski definition) is 7. The third-order valence-electron chi connectivity index (χ3n) is 2.30. The van der Waals surface area contributed by atoms with Crippen LogP contribution < -0.4 is 4.72 Å². The Morgan fingerprint density at radius 1 is 1.48 bits per heavy atom. The maximum Gasteiger partial charge on any atom is 0.341 e. The van der Waals surface area contributed by atoms with Crippen molar-refractivity contribution in [2.75, 3.05) is 11.3 Å². The summed E-state index contributed by atoms with van der Waals surface area (Å²) in [6.07, 6.45) is 1.17. The molecule has 0 radical (unpaired) electrons. The second-order valence-corrected chi connectivity index (χ2v) is 8.64. The van der Waals surface area contributed by atoms with Crippen molar-refractivity contribution in [3.8, 4) is 0 Å². The second kappa shape index (κ2) is 6.30. The van der Waals surface area contributed by atoms with Crippen molar-refractivity contribution in [2.24, 2.45) is 0 Å². The lowest BCUT2D eigenvalue weighted by Crippen LogP contribution is -2.14. The lowest BCUT2D eigenvalue weighted by atomic mass is 10.3. The number of esters is 1. The SMILES string of the molecule is CCOC(=O)c1cc(C)sc1NS(=O)(=O)c1cnc(Cl)s1. The van der Waals surface area contributed by atoms with Gasteiger partial charge in [-0.2, -0.15) is 0 Å². The summed E-state index contributed by atoms with van der Waals surface area (Å²) in [5, 5.41) is 0.218. The van der Waals surface area contributed by atoms with Crippen molar-refractivity contribution >= 4 is 55.3 Å². The van der Waals surface area contributed by atoms with Crippen molar-refractivity contribution in [3.63, 3.8) is 0 Å². The second-order valence-electron chi connectivity index (χ2n) is 3.86. The van der Waals surface area contributed by atoms with Crippen LogP contribution in [-0.2, 0) is 14.8 Å². The van der Waals surface area contributed by atoms with Gasteiger partial charge in [-0.1, -0.05) is 22.9 Å². The largest absolute Gasteiger partial charge is 0.462 e. The van der Waals surface area contributed by atoms with Crippen molar-refractivity contribution in [3.05, 3.63) is 27.2 Å². The minimum atomic E-state index is -3.83. The molecule has 0 aromatic carbocycles. The normalized spacial score (nSPS) is 11.4. The van der Waals surface area contributed by atoms with Crippen LogP contribution in [0.1, 0.15) is 22.2 Å². The number of nitrogens with zero attached hydrogens (tertiary/aromatic N) is 1. The first-order valence-electron chi connectivity index (χ1n) is 5.75. The monoisotopic (exact) mass is 366 g/mol. The van der Waals surface area contributed by atoms with Gasteiger partial charge in [0.05, 0.1) is 18.4 Å². The first kappa shape index (κ1) is 16.2. The van der Waals surface area contributed by atoms with E-state index < -0.39 is 16.0 Å². The van der Waals surface area contributed by atoms with Gasteiger partial charge in [0, 0.05) is 4.88 Å². The molecule has 0 aliphatic heterocycles. The number of anilines is 1. The van der Waals surface area contributed by atoms with E-state index in [-0.39, 0.29) is 25.8 Å². The van der Waals surface area contributed by atoms with Gasteiger partial charge in [-0.15, -0.1) is 11.3 Å². The lowest BCUT2D eigenvalue weighted by molar-refractivity contribution is 0.0528. The summed E-state index contributed by atoms with van der Waals surface area (Å²) in [6.45, 7) is 3.67. The number of hydrogen-bond donors (Lipinski definition) is 1. The van der Waals surface area contributed by atoms with Gasteiger partial charge in [0.15, 0.2) is 8.68 Å². The highest BCUT2D eigenvalue weighted by Crippen LogP contribution is 2.32. The molecule has 0 atom stereocenters. The summed E-state index contributed by atoms with van der Waals surface area (Å²) >= 11 is 7.63. The van der Waals surface area contributed by atoms with Crippen LogP contribution in [0, 0.1) is 6.92 Å². The van der Waals surface area contributed by atoms with Gasteiger partial charge in [-0.25, -0.2) is 18.2 Å². The quantitative estimate of drug-likeness (QED) is 0.821. The van der Waals surface area contributed by atoms with Crippen LogP contribution in [0.3, 0.4) is 0 Å². The molecule has 1 N–H and O–H groups in total. The lowest BCUT2D eigenvalue weighted by Gasteiger charge is -2.06. The Bertz CT molecular complexity index is 766. The molecule has 6 nitrogen and oxygen atoms in total. The van der Waals surface area contributed by atoms with Crippen molar-refractivity contribution < 1.29 is 17.9 Å². The molecule has 0 saturated carbocycles. The number of sulfonamides is 1. The minimum Gasteiger partial charge on any atom is -0.462 e. The fraction of sp³-hybridized carbons (Fsp3) is 0.273. The van der Waals surface area contributed by atoms with E-state index in [1.165, 1.54) is 6.20 Å². The van der Waals surface area contributed by atoms with E-state index in [1.807, 2.05) is 0 Å². The molecule has 0 bridgehead atoms. The Labute approximate surface area is 134 Å². The van der Waals surface area contributed by atoms with Crippen LogP contribution in [0.5, 0.6) is 0 Å². The van der Waals surface area contributed by atoms with Gasteiger partial charge in [-0.05, 0) is 19.9 Å². The summed E-state index contributed by atoms with van der Waals surface area (Å²) in [5.41, 5.74) is 0.193. The zero-order valence-electron chi connectivity index (χ0n) is 11.0. The fourth-order valence-electron chi connectivity index (χ4n) is 1.49. The molecule has 0 aliphatic carbocycles. The van der Waals surface area contributed by atoms with E-state index >= 15 is 0 Å². The van der Waals surface area contributed by atoms with Gasteiger partial charge < -0.3 is 4.74 Å². The highest BCUT2D eigenvalue weighted by Gasteiger charge is 2.23. The zero-order chi connectivity index (χ0) is 15.6. The number of rotatable bonds is 5. The first-order valence-corrected chi connectivity index (χ1v) is 9.24. The molecule has 10 heteroatoms. The predicted molar refractivity (Wildman–Crippen MR) is 82.9 cm³/mol. The van der Waals surface area contributed by atoms with Crippen molar-refractivity contribution in [1.82, 2.24) is 4.98 Å². The molecule has 0 aliphatic rings. The summed E-state index contributed by atoms with van der Waals surface area (Å²) in [5.74, 6) is -0.568. The number of ether oxygens (including phenoxy) is 1. The summed E-state index contributed by atoms with van der Waals surface area (Å²) in [6, 6.07) is 1.58. The first-order chi connectivity index (χ1) is 9.83. The van der Waals surface area contributed by atoms with E-state index in [2.05, 4.69) is 9.71 Å². The molecule has 0 saturated heterocycles. The summed E-state index contributed by atoms with van der Waals surface area (Å²) in [4.78, 5) is 16.3. The molecule has 0 amide bonds. The molecule has 0 fully saturated rings. The van der Waals surface area contributed by atoms with Crippen molar-refractivity contribution in [1.29, 1.82) is 0 Å². The molecule has 0 spiro atoms. The third kappa shape index (κ3) is 3.73. The topological polar surface area (TPSA) is 85.4 Å². The Balaban J connectivity index is 2.33. The van der Waals surface area contributed by atoms with Crippen molar-refractivity contribution in [2.45, 2.75) is 18.1 Å². The predicted octanol–water partition coefficient (Wildman–Crippen LogP) is 3.14. The number of carbonyl (C=O) groups excluding carboxylic acids is 1. The molecule has 2 heterocycles. The van der Waals surface area contributed by atoms with E-state index in [4.69, 9.17) is 16.3 Å². The van der Waals surface area contributed by atoms with Gasteiger partial charge in [0.1, 0.15) is 5.00 Å². The Morgan fingerprint density at radius 2 is 2.19 bits per heavy atom. The van der Waals surface area contributed by atoms with E-state index in [0.29, 0.717) is 0 Å². The maximum atomic E-state index is 12.2. The van der Waals surface area contributed by atoms with Crippen LogP contribution in [0.25, 0.3) is 0 Å². The van der Waals surface area contributed by atoms with Gasteiger partial charge in [-0.3, -0.25) is 4.72 Å². The van der Waals surface area contributed by atoms with Crippen LogP contribution >= 0.6 is 34.3 Å². The molecule has 114 valence electrons. The molecule has 0 unspecified atom stereocenters. The standard InChI is InChI=1S/C11H11ClN2O4S3/c1-3-18-10(15)7-4-6(2)19-9(7)14-21(16,17)8-5-13-11(12)20-8/h4-5,14H,3H2,1-2H3. The zero-order valence-corrected chi connectivity index (χ0v) is 14.3. The Morgan fingerprint density at radius 3 is 2.76 bits per heavy atom. The van der Waals surface area contributed by atoms with Crippen LogP contribution in [-0.4, -0.2) is 26.0 Å². The Hall–Kier alpha value is -1.16. The number of thiazole rings is 1. The number of thiophene rings is 1. The van der Waals surface area contributed by atoms with Gasteiger partial charge in [0.25, 0.3) is 10.0 Å².